The van der Waals surface area contributed by atoms with Gasteiger partial charge in [-0.05, 0) is 55.9 Å². The van der Waals surface area contributed by atoms with Crippen LogP contribution in [0.4, 0.5) is 5.69 Å². The van der Waals surface area contributed by atoms with Crippen LogP contribution in [0.1, 0.15) is 16.9 Å². The molecule has 1 aromatic heterocycles. The van der Waals surface area contributed by atoms with Crippen molar-refractivity contribution in [2.45, 2.75) is 13.8 Å². The minimum absolute atomic E-state index is 0.0339. The van der Waals surface area contributed by atoms with Gasteiger partial charge >= 0.3 is 0 Å². The molecule has 0 radical (unpaired) electrons. The van der Waals surface area contributed by atoms with Crippen molar-refractivity contribution in [1.29, 1.82) is 0 Å². The molecule has 3 rings (SSSR count). The second kappa shape index (κ2) is 6.52. The number of hydrogen-bond acceptors (Lipinski definition) is 6. The van der Waals surface area contributed by atoms with Crippen LogP contribution >= 0.6 is 12.2 Å². The van der Waals surface area contributed by atoms with Gasteiger partial charge in [-0.25, -0.2) is 0 Å². The molecule has 26 heavy (non-hydrogen) atoms. The fourth-order valence-corrected chi connectivity index (χ4v) is 2.77. The van der Waals surface area contributed by atoms with Crippen molar-refractivity contribution >= 4 is 40.9 Å². The van der Waals surface area contributed by atoms with Crippen LogP contribution in [0.5, 0.6) is 0 Å². The Kier molecular flexibility index (Phi) is 4.39. The molecular formula is C17H13N3O5S. The number of rotatable bonds is 3. The molecule has 2 heterocycles. The monoisotopic (exact) mass is 371 g/mol. The third-order valence-electron chi connectivity index (χ3n) is 3.86. The molecule has 1 fully saturated rings. The minimum atomic E-state index is -0.612. The number of nitro benzene ring substituents is 1. The first kappa shape index (κ1) is 17.5. The highest BCUT2D eigenvalue weighted by Crippen LogP contribution is 2.31. The predicted octanol–water partition coefficient (Wildman–Crippen LogP) is 2.39. The molecule has 0 bridgehead atoms. The van der Waals surface area contributed by atoms with Crippen molar-refractivity contribution < 1.29 is 18.9 Å². The van der Waals surface area contributed by atoms with Gasteiger partial charge in [0.25, 0.3) is 17.5 Å². The van der Waals surface area contributed by atoms with Crippen LogP contribution in [-0.4, -0.2) is 21.9 Å². The molecule has 0 atom stereocenters. The number of hydrogen-bond donors (Lipinski definition) is 2. The van der Waals surface area contributed by atoms with Crippen molar-refractivity contribution in [3.63, 3.8) is 0 Å². The summed E-state index contributed by atoms with van der Waals surface area (Å²) in [5.74, 6) is -0.457. The number of nitrogens with zero attached hydrogens (tertiary/aromatic N) is 1. The summed E-state index contributed by atoms with van der Waals surface area (Å²) in [6, 6.07) is 6.42. The highest BCUT2D eigenvalue weighted by atomic mass is 32.1. The Bertz CT molecular complexity index is 984. The molecule has 2 aromatic rings. The average molecular weight is 371 g/mol. The van der Waals surface area contributed by atoms with Gasteiger partial charge in [-0.2, -0.15) is 0 Å². The Balaban J connectivity index is 1.96. The summed E-state index contributed by atoms with van der Waals surface area (Å²) in [5, 5.41) is 15.7. The summed E-state index contributed by atoms with van der Waals surface area (Å²) in [6.45, 7) is 3.39. The topological polar surface area (TPSA) is 114 Å². The molecule has 1 aliphatic rings. The van der Waals surface area contributed by atoms with E-state index >= 15 is 0 Å². The molecule has 2 N–H and O–H groups in total. The van der Waals surface area contributed by atoms with Crippen LogP contribution in [0.3, 0.4) is 0 Å². The van der Waals surface area contributed by atoms with Crippen LogP contribution in [0.2, 0.25) is 0 Å². The molecule has 0 spiro atoms. The van der Waals surface area contributed by atoms with Crippen LogP contribution < -0.4 is 10.6 Å². The van der Waals surface area contributed by atoms with Crippen LogP contribution in [-0.2, 0) is 9.59 Å². The number of nitrogens with one attached hydrogen (secondary N) is 2. The van der Waals surface area contributed by atoms with E-state index in [-0.39, 0.29) is 16.4 Å². The quantitative estimate of drug-likeness (QED) is 0.281. The van der Waals surface area contributed by atoms with Gasteiger partial charge in [0, 0.05) is 17.2 Å². The van der Waals surface area contributed by atoms with Gasteiger partial charge in [-0.1, -0.05) is 0 Å². The molecule has 132 valence electrons. The van der Waals surface area contributed by atoms with Crippen molar-refractivity contribution in [2.75, 3.05) is 0 Å². The Hall–Kier alpha value is -3.33. The Morgan fingerprint density at radius 2 is 1.77 bits per heavy atom. The highest BCUT2D eigenvalue weighted by Gasteiger charge is 2.26. The SMILES string of the molecule is Cc1cc([N+](=O)[O-])c(C)cc1-c1ccc(C=C2C(=O)NC(=S)NC2=O)o1. The number of amides is 2. The third kappa shape index (κ3) is 3.24. The summed E-state index contributed by atoms with van der Waals surface area (Å²) in [4.78, 5) is 34.3. The highest BCUT2D eigenvalue weighted by molar-refractivity contribution is 7.80. The Morgan fingerprint density at radius 3 is 2.38 bits per heavy atom. The van der Waals surface area contributed by atoms with Crippen molar-refractivity contribution in [3.05, 3.63) is 56.8 Å². The van der Waals surface area contributed by atoms with E-state index < -0.39 is 16.7 Å². The normalized spacial score (nSPS) is 14.1. The van der Waals surface area contributed by atoms with Crippen LogP contribution in [0.25, 0.3) is 17.4 Å². The molecule has 1 aliphatic heterocycles. The van der Waals surface area contributed by atoms with E-state index in [1.165, 1.54) is 12.1 Å². The number of carbonyl (C=O) groups excluding carboxylic acids is 2. The molecular weight excluding hydrogens is 358 g/mol. The van der Waals surface area contributed by atoms with Gasteiger partial charge in [0.15, 0.2) is 5.11 Å². The molecule has 9 heteroatoms. The molecule has 2 amide bonds. The van der Waals surface area contributed by atoms with Crippen molar-refractivity contribution in [2.24, 2.45) is 0 Å². The van der Waals surface area contributed by atoms with Gasteiger partial charge in [0.1, 0.15) is 17.1 Å². The van der Waals surface area contributed by atoms with Crippen molar-refractivity contribution in [3.8, 4) is 11.3 Å². The summed E-state index contributed by atoms with van der Waals surface area (Å²) in [6.07, 6.45) is 1.31. The summed E-state index contributed by atoms with van der Waals surface area (Å²) in [7, 11) is 0. The van der Waals surface area contributed by atoms with E-state index in [2.05, 4.69) is 10.6 Å². The second-order valence-corrected chi connectivity index (χ2v) is 6.12. The Morgan fingerprint density at radius 1 is 1.12 bits per heavy atom. The number of benzene rings is 1. The molecule has 1 aromatic carbocycles. The zero-order valence-electron chi connectivity index (χ0n) is 13.8. The lowest BCUT2D eigenvalue weighted by atomic mass is 10.0. The van der Waals surface area contributed by atoms with Gasteiger partial charge in [0.2, 0.25) is 0 Å². The van der Waals surface area contributed by atoms with E-state index in [0.29, 0.717) is 28.2 Å². The van der Waals surface area contributed by atoms with E-state index in [9.17, 15) is 19.7 Å². The maximum atomic E-state index is 11.9. The zero-order valence-corrected chi connectivity index (χ0v) is 14.6. The fraction of sp³-hybridized carbons (Fsp3) is 0.118. The van der Waals surface area contributed by atoms with Crippen molar-refractivity contribution in [1.82, 2.24) is 10.6 Å². The molecule has 0 unspecified atom stereocenters. The van der Waals surface area contributed by atoms with E-state index in [4.69, 9.17) is 16.6 Å². The largest absolute Gasteiger partial charge is 0.457 e. The molecule has 0 saturated carbocycles. The third-order valence-corrected chi connectivity index (χ3v) is 4.07. The maximum Gasteiger partial charge on any atom is 0.272 e. The number of furan rings is 1. The lowest BCUT2D eigenvalue weighted by Gasteiger charge is -2.15. The number of aryl methyl sites for hydroxylation is 2. The minimum Gasteiger partial charge on any atom is -0.457 e. The Labute approximate surface area is 153 Å². The summed E-state index contributed by atoms with van der Waals surface area (Å²) < 4.78 is 5.69. The van der Waals surface area contributed by atoms with E-state index in [0.717, 1.165) is 0 Å². The number of nitro groups is 1. The first-order valence-corrected chi connectivity index (χ1v) is 7.91. The molecule has 8 nitrogen and oxygen atoms in total. The van der Waals surface area contributed by atoms with Gasteiger partial charge < -0.3 is 4.42 Å². The molecule has 1 saturated heterocycles. The van der Waals surface area contributed by atoms with E-state index in [1.54, 1.807) is 32.0 Å². The first-order chi connectivity index (χ1) is 12.3. The predicted molar refractivity (Wildman–Crippen MR) is 97.1 cm³/mol. The molecule has 0 aliphatic carbocycles. The van der Waals surface area contributed by atoms with Crippen LogP contribution in [0.15, 0.2) is 34.3 Å². The lowest BCUT2D eigenvalue weighted by molar-refractivity contribution is -0.385. The smallest absolute Gasteiger partial charge is 0.272 e. The summed E-state index contributed by atoms with van der Waals surface area (Å²) in [5.41, 5.74) is 1.78. The van der Waals surface area contributed by atoms with Crippen LogP contribution in [0, 0.1) is 24.0 Å². The number of thiocarbonyl (C=S) groups is 1. The summed E-state index contributed by atoms with van der Waals surface area (Å²) >= 11 is 4.74. The zero-order chi connectivity index (χ0) is 19.0. The lowest BCUT2D eigenvalue weighted by Crippen LogP contribution is -2.51. The average Bonchev–Trinajstić information content (AvgIpc) is 3.01. The van der Waals surface area contributed by atoms with Gasteiger partial charge in [-0.3, -0.25) is 30.3 Å². The second-order valence-electron chi connectivity index (χ2n) is 5.71. The van der Waals surface area contributed by atoms with Gasteiger partial charge in [0.05, 0.1) is 4.92 Å². The van der Waals surface area contributed by atoms with E-state index in [1.807, 2.05) is 0 Å². The maximum absolute atomic E-state index is 11.9. The standard InChI is InChI=1S/C17H13N3O5S/c1-8-6-13(20(23)24)9(2)5-11(8)14-4-3-10(25-14)7-12-15(21)18-17(26)19-16(12)22/h3-7H,1-2H3,(H2,18,19,21,22,26). The first-order valence-electron chi connectivity index (χ1n) is 7.50. The number of carbonyl (C=O) groups is 2. The van der Waals surface area contributed by atoms with Gasteiger partial charge in [-0.15, -0.1) is 0 Å². The fourth-order valence-electron chi connectivity index (χ4n) is 2.59.